The Labute approximate surface area is 184 Å². The van der Waals surface area contributed by atoms with Crippen molar-refractivity contribution in [2.45, 2.75) is 5.92 Å². The van der Waals surface area contributed by atoms with Gasteiger partial charge in [-0.2, -0.15) is 0 Å². The second kappa shape index (κ2) is 6.68. The molecule has 0 amide bonds. The van der Waals surface area contributed by atoms with E-state index in [2.05, 4.69) is 21.2 Å². The Morgan fingerprint density at radius 2 is 1.26 bits per heavy atom. The lowest BCUT2D eigenvalue weighted by Gasteiger charge is -2.29. The number of rotatable bonds is 1. The van der Waals surface area contributed by atoms with E-state index < -0.39 is 17.2 Å². The first-order valence-corrected chi connectivity index (χ1v) is 10.5. The van der Waals surface area contributed by atoms with Gasteiger partial charge in [-0.1, -0.05) is 52.3 Å². The minimum Gasteiger partial charge on any atom is -0.422 e. The lowest BCUT2D eigenvalue weighted by Crippen LogP contribution is -2.27. The van der Waals surface area contributed by atoms with E-state index in [1.807, 2.05) is 60.7 Å². The first-order valence-electron chi connectivity index (χ1n) is 9.76. The Bertz CT molecular complexity index is 1530. The Morgan fingerprint density at radius 1 is 0.710 bits per heavy atom. The molecular formula is C25H14BrNO4. The van der Waals surface area contributed by atoms with E-state index in [1.165, 1.54) is 0 Å². The molecular weight excluding hydrogens is 458 g/mol. The zero-order chi connectivity index (χ0) is 21.1. The molecule has 1 aliphatic rings. The first-order chi connectivity index (χ1) is 15.1. The third-order valence-corrected chi connectivity index (χ3v) is 6.20. The van der Waals surface area contributed by atoms with Crippen molar-refractivity contribution in [2.75, 3.05) is 5.32 Å². The van der Waals surface area contributed by atoms with Gasteiger partial charge in [0, 0.05) is 15.2 Å². The van der Waals surface area contributed by atoms with Gasteiger partial charge in [0.05, 0.1) is 28.4 Å². The molecule has 0 aliphatic carbocycles. The molecule has 2 aromatic heterocycles. The molecule has 0 spiro atoms. The molecule has 3 aromatic carbocycles. The molecule has 0 saturated carbocycles. The van der Waals surface area contributed by atoms with Crippen molar-refractivity contribution in [3.05, 3.63) is 115 Å². The van der Waals surface area contributed by atoms with E-state index in [9.17, 15) is 9.59 Å². The lowest BCUT2D eigenvalue weighted by molar-refractivity contribution is 0.535. The van der Waals surface area contributed by atoms with Crippen molar-refractivity contribution in [1.82, 2.24) is 0 Å². The summed E-state index contributed by atoms with van der Waals surface area (Å²) in [5, 5.41) is 4.95. The Morgan fingerprint density at radius 3 is 1.81 bits per heavy atom. The van der Waals surface area contributed by atoms with Crippen molar-refractivity contribution >= 4 is 49.2 Å². The van der Waals surface area contributed by atoms with Gasteiger partial charge in [-0.25, -0.2) is 9.59 Å². The minimum atomic E-state index is -0.634. The predicted molar refractivity (Wildman–Crippen MR) is 123 cm³/mol. The highest BCUT2D eigenvalue weighted by atomic mass is 79.9. The summed E-state index contributed by atoms with van der Waals surface area (Å²) in [5.41, 5.74) is 2.90. The topological polar surface area (TPSA) is 72.5 Å². The van der Waals surface area contributed by atoms with Crippen LogP contribution in [0.15, 0.2) is 95.7 Å². The predicted octanol–water partition coefficient (Wildman–Crippen LogP) is 5.90. The van der Waals surface area contributed by atoms with Gasteiger partial charge in [0.2, 0.25) is 0 Å². The normalized spacial score (nSPS) is 13.1. The molecule has 6 rings (SSSR count). The monoisotopic (exact) mass is 471 g/mol. The Balaban J connectivity index is 1.80. The van der Waals surface area contributed by atoms with Crippen LogP contribution >= 0.6 is 15.9 Å². The Hall–Kier alpha value is -3.64. The fourth-order valence-electron chi connectivity index (χ4n) is 4.41. The quantitative estimate of drug-likeness (QED) is 0.302. The average molecular weight is 472 g/mol. The van der Waals surface area contributed by atoms with Crippen LogP contribution in [0.3, 0.4) is 0 Å². The molecule has 0 fully saturated rings. The van der Waals surface area contributed by atoms with Crippen molar-refractivity contribution in [1.29, 1.82) is 0 Å². The van der Waals surface area contributed by atoms with Gasteiger partial charge in [0.1, 0.15) is 11.2 Å². The van der Waals surface area contributed by atoms with Crippen LogP contribution in [0.2, 0.25) is 0 Å². The molecule has 5 aromatic rings. The zero-order valence-electron chi connectivity index (χ0n) is 16.0. The molecule has 3 heterocycles. The molecule has 0 bridgehead atoms. The van der Waals surface area contributed by atoms with Gasteiger partial charge in [0.15, 0.2) is 0 Å². The van der Waals surface area contributed by atoms with Gasteiger partial charge >= 0.3 is 11.3 Å². The van der Waals surface area contributed by atoms with E-state index in [4.69, 9.17) is 8.83 Å². The first kappa shape index (κ1) is 18.2. The fraction of sp³-hybridized carbons (Fsp3) is 0.0400. The van der Waals surface area contributed by atoms with Crippen molar-refractivity contribution in [2.24, 2.45) is 0 Å². The number of fused-ring (bicyclic) bond motifs is 6. The summed E-state index contributed by atoms with van der Waals surface area (Å²) in [6.07, 6.45) is 0. The number of anilines is 2. The summed E-state index contributed by atoms with van der Waals surface area (Å²) in [7, 11) is 0. The molecule has 31 heavy (non-hydrogen) atoms. The van der Waals surface area contributed by atoms with E-state index >= 15 is 0 Å². The van der Waals surface area contributed by atoms with Crippen LogP contribution < -0.4 is 16.6 Å². The maximum atomic E-state index is 13.2. The van der Waals surface area contributed by atoms with Gasteiger partial charge < -0.3 is 14.2 Å². The molecule has 1 aliphatic heterocycles. The molecule has 0 radical (unpaired) electrons. The minimum absolute atomic E-state index is 0.395. The molecule has 0 unspecified atom stereocenters. The van der Waals surface area contributed by atoms with Crippen molar-refractivity contribution in [3.8, 4) is 0 Å². The van der Waals surface area contributed by atoms with Crippen LogP contribution in [0.5, 0.6) is 0 Å². The lowest BCUT2D eigenvalue weighted by atomic mass is 9.81. The summed E-state index contributed by atoms with van der Waals surface area (Å²) < 4.78 is 12.1. The molecule has 0 saturated heterocycles. The van der Waals surface area contributed by atoms with Gasteiger partial charge in [-0.15, -0.1) is 0 Å². The van der Waals surface area contributed by atoms with Crippen LogP contribution in [-0.2, 0) is 0 Å². The van der Waals surface area contributed by atoms with Crippen molar-refractivity contribution < 1.29 is 8.83 Å². The standard InChI is InChI=1S/C25H14BrNO4/c26-14-7-5-6-13(12-14)19-20-22(15-8-1-3-10-17(15)30-24(20)28)27-23-16-9-2-4-11-18(16)31-25(29)21(19)23/h1-12,19,27H. The van der Waals surface area contributed by atoms with Crippen LogP contribution in [-0.4, -0.2) is 0 Å². The fourth-order valence-corrected chi connectivity index (χ4v) is 4.83. The highest BCUT2D eigenvalue weighted by molar-refractivity contribution is 9.10. The molecule has 1 N–H and O–H groups in total. The van der Waals surface area contributed by atoms with Gasteiger partial charge in [0.25, 0.3) is 0 Å². The van der Waals surface area contributed by atoms with Crippen LogP contribution in [0.1, 0.15) is 22.6 Å². The number of benzene rings is 3. The zero-order valence-corrected chi connectivity index (χ0v) is 17.6. The van der Waals surface area contributed by atoms with E-state index in [0.717, 1.165) is 20.8 Å². The number of para-hydroxylation sites is 2. The number of nitrogens with one attached hydrogen (secondary N) is 1. The third kappa shape index (κ3) is 2.68. The van der Waals surface area contributed by atoms with E-state index in [-0.39, 0.29) is 0 Å². The summed E-state index contributed by atoms with van der Waals surface area (Å²) in [4.78, 5) is 26.4. The average Bonchev–Trinajstić information content (AvgIpc) is 2.78. The summed E-state index contributed by atoms with van der Waals surface area (Å²) in [5.74, 6) is -0.634. The summed E-state index contributed by atoms with van der Waals surface area (Å²) in [6, 6.07) is 22.4. The largest absolute Gasteiger partial charge is 0.422 e. The molecule has 0 atom stereocenters. The second-order valence-electron chi connectivity index (χ2n) is 7.46. The SMILES string of the molecule is O=c1oc2ccccc2c2c1C(c1cccc(Br)c1)c1c(c3ccccc3oc1=O)N2. The Kier molecular flexibility index (Phi) is 3.91. The highest BCUT2D eigenvalue weighted by Gasteiger charge is 2.36. The maximum absolute atomic E-state index is 13.2. The van der Waals surface area contributed by atoms with Crippen LogP contribution in [0.25, 0.3) is 21.9 Å². The number of hydrogen-bond donors (Lipinski definition) is 1. The number of hydrogen-bond acceptors (Lipinski definition) is 5. The molecule has 150 valence electrons. The maximum Gasteiger partial charge on any atom is 0.342 e. The van der Waals surface area contributed by atoms with Gasteiger partial charge in [-0.3, -0.25) is 0 Å². The summed E-state index contributed by atoms with van der Waals surface area (Å²) in [6.45, 7) is 0. The van der Waals surface area contributed by atoms with Gasteiger partial charge in [-0.05, 0) is 42.0 Å². The number of halogens is 1. The van der Waals surface area contributed by atoms with Crippen LogP contribution in [0, 0.1) is 0 Å². The van der Waals surface area contributed by atoms with E-state index in [1.54, 1.807) is 12.1 Å². The third-order valence-electron chi connectivity index (χ3n) is 5.71. The van der Waals surface area contributed by atoms with Crippen LogP contribution in [0.4, 0.5) is 11.4 Å². The second-order valence-corrected chi connectivity index (χ2v) is 8.38. The highest BCUT2D eigenvalue weighted by Crippen LogP contribution is 2.46. The molecule has 6 heteroatoms. The summed E-state index contributed by atoms with van der Waals surface area (Å²) >= 11 is 3.51. The van der Waals surface area contributed by atoms with E-state index in [0.29, 0.717) is 33.7 Å². The van der Waals surface area contributed by atoms with Crippen molar-refractivity contribution in [3.63, 3.8) is 0 Å². The smallest absolute Gasteiger partial charge is 0.342 e. The molecule has 5 nitrogen and oxygen atoms in total.